The van der Waals surface area contributed by atoms with E-state index in [9.17, 15) is 4.39 Å². The summed E-state index contributed by atoms with van der Waals surface area (Å²) in [6, 6.07) is 6.52. The van der Waals surface area contributed by atoms with Gasteiger partial charge in [0.1, 0.15) is 5.82 Å². The standard InChI is InChI=1S/C11H16FN2S.HI/c1-13(2)11(14(3)4)15-10-7-5-9(12)6-8-10;/h5-8H,1-4H3;1H/q+1;/p-1. The summed E-state index contributed by atoms with van der Waals surface area (Å²) in [6.45, 7) is 0. The summed E-state index contributed by atoms with van der Waals surface area (Å²) in [5.41, 5.74) is 0. The van der Waals surface area contributed by atoms with E-state index in [2.05, 4.69) is 0 Å². The van der Waals surface area contributed by atoms with E-state index in [4.69, 9.17) is 0 Å². The van der Waals surface area contributed by atoms with Gasteiger partial charge in [0.25, 0.3) is 0 Å². The molecule has 0 aromatic heterocycles. The minimum atomic E-state index is -0.199. The van der Waals surface area contributed by atoms with Crippen molar-refractivity contribution in [2.45, 2.75) is 4.90 Å². The fourth-order valence-electron chi connectivity index (χ4n) is 1.19. The van der Waals surface area contributed by atoms with E-state index >= 15 is 0 Å². The summed E-state index contributed by atoms with van der Waals surface area (Å²) in [5.74, 6) is -0.199. The van der Waals surface area contributed by atoms with Crippen LogP contribution in [-0.4, -0.2) is 42.8 Å². The maximum Gasteiger partial charge on any atom is 0.312 e. The first-order valence-electron chi connectivity index (χ1n) is 4.65. The van der Waals surface area contributed by atoms with Crippen molar-refractivity contribution >= 4 is 16.9 Å². The van der Waals surface area contributed by atoms with E-state index < -0.39 is 0 Å². The van der Waals surface area contributed by atoms with Crippen LogP contribution in [0.4, 0.5) is 4.39 Å². The Morgan fingerprint density at radius 3 is 2.06 bits per heavy atom. The molecule has 0 aliphatic heterocycles. The third kappa shape index (κ3) is 4.69. The highest BCUT2D eigenvalue weighted by Gasteiger charge is 2.13. The Morgan fingerprint density at radius 1 is 1.19 bits per heavy atom. The number of halogens is 2. The Kier molecular flexibility index (Phi) is 6.98. The molecule has 0 unspecified atom stereocenters. The molecule has 0 N–H and O–H groups in total. The molecule has 1 aromatic rings. The van der Waals surface area contributed by atoms with Gasteiger partial charge in [-0.1, -0.05) is 0 Å². The Morgan fingerprint density at radius 2 is 1.69 bits per heavy atom. The average molecular weight is 354 g/mol. The van der Waals surface area contributed by atoms with Crippen LogP contribution in [0.3, 0.4) is 0 Å². The second-order valence-electron chi connectivity index (χ2n) is 3.63. The van der Waals surface area contributed by atoms with Gasteiger partial charge in [-0.2, -0.15) is 0 Å². The molecular weight excluding hydrogens is 338 g/mol. The first-order chi connectivity index (χ1) is 7.00. The lowest BCUT2D eigenvalue weighted by Gasteiger charge is -2.10. The molecule has 0 aliphatic carbocycles. The van der Waals surface area contributed by atoms with E-state index in [1.165, 1.54) is 12.1 Å². The van der Waals surface area contributed by atoms with Crippen LogP contribution >= 0.6 is 11.8 Å². The fraction of sp³-hybridized carbons (Fsp3) is 0.364. The third-order valence-electron chi connectivity index (χ3n) is 1.79. The lowest BCUT2D eigenvalue weighted by molar-refractivity contribution is -0.466. The molecule has 0 heterocycles. The Hall–Kier alpha value is -0.300. The van der Waals surface area contributed by atoms with E-state index in [1.54, 1.807) is 23.9 Å². The number of amidine groups is 1. The second kappa shape index (κ2) is 7.11. The van der Waals surface area contributed by atoms with Crippen molar-refractivity contribution < 1.29 is 32.9 Å². The molecule has 0 fully saturated rings. The normalized spacial score (nSPS) is 9.31. The van der Waals surface area contributed by atoms with Crippen LogP contribution in [-0.2, 0) is 0 Å². The van der Waals surface area contributed by atoms with Crippen molar-refractivity contribution in [2.24, 2.45) is 0 Å². The van der Waals surface area contributed by atoms with Crippen molar-refractivity contribution in [1.29, 1.82) is 0 Å². The van der Waals surface area contributed by atoms with Gasteiger partial charge in [-0.25, -0.2) is 4.39 Å². The molecule has 90 valence electrons. The first kappa shape index (κ1) is 15.7. The van der Waals surface area contributed by atoms with Crippen LogP contribution in [0.2, 0.25) is 0 Å². The van der Waals surface area contributed by atoms with Crippen LogP contribution in [0.1, 0.15) is 0 Å². The minimum absolute atomic E-state index is 0. The zero-order valence-corrected chi connectivity index (χ0v) is 12.8. The van der Waals surface area contributed by atoms with Gasteiger partial charge in [-0.05, 0) is 36.0 Å². The zero-order chi connectivity index (χ0) is 11.4. The lowest BCUT2D eigenvalue weighted by Crippen LogP contribution is -3.00. The van der Waals surface area contributed by atoms with E-state index in [-0.39, 0.29) is 29.8 Å². The SMILES string of the molecule is CN(C)C(Sc1ccc(F)cc1)=[N+](C)C.[I-]. The molecule has 0 spiro atoms. The van der Waals surface area contributed by atoms with Gasteiger partial charge in [0, 0.05) is 4.90 Å². The molecule has 2 nitrogen and oxygen atoms in total. The molecule has 0 saturated carbocycles. The third-order valence-corrected chi connectivity index (χ3v) is 3.21. The van der Waals surface area contributed by atoms with Crippen molar-refractivity contribution in [2.75, 3.05) is 28.2 Å². The van der Waals surface area contributed by atoms with Crippen molar-refractivity contribution in [3.05, 3.63) is 30.1 Å². The van der Waals surface area contributed by atoms with Gasteiger partial charge in [0.2, 0.25) is 0 Å². The lowest BCUT2D eigenvalue weighted by atomic mass is 10.4. The average Bonchev–Trinajstić information content (AvgIpc) is 2.15. The Labute approximate surface area is 118 Å². The largest absolute Gasteiger partial charge is 1.00 e. The van der Waals surface area contributed by atoms with Gasteiger partial charge in [0.15, 0.2) is 0 Å². The first-order valence-corrected chi connectivity index (χ1v) is 5.47. The summed E-state index contributed by atoms with van der Waals surface area (Å²) in [6.07, 6.45) is 0. The van der Waals surface area contributed by atoms with Gasteiger partial charge in [-0.15, -0.1) is 0 Å². The number of rotatable bonds is 1. The van der Waals surface area contributed by atoms with Crippen LogP contribution in [0, 0.1) is 5.82 Å². The Balaban J connectivity index is 0.00000225. The summed E-state index contributed by atoms with van der Waals surface area (Å²) >= 11 is 1.62. The van der Waals surface area contributed by atoms with Crippen molar-refractivity contribution in [1.82, 2.24) is 4.90 Å². The van der Waals surface area contributed by atoms with Crippen LogP contribution < -0.4 is 24.0 Å². The second-order valence-corrected chi connectivity index (χ2v) is 4.67. The quantitative estimate of drug-likeness (QED) is 0.212. The molecule has 16 heavy (non-hydrogen) atoms. The number of nitrogens with zero attached hydrogens (tertiary/aromatic N) is 2. The number of thioether (sulfide) groups is 1. The minimum Gasteiger partial charge on any atom is -1.00 e. The van der Waals surface area contributed by atoms with Crippen LogP contribution in [0.25, 0.3) is 0 Å². The molecule has 0 bridgehead atoms. The molecule has 1 aromatic carbocycles. The maximum atomic E-state index is 12.7. The summed E-state index contributed by atoms with van der Waals surface area (Å²) in [7, 11) is 7.97. The molecule has 0 aliphatic rings. The molecule has 0 amide bonds. The smallest absolute Gasteiger partial charge is 0.312 e. The predicted molar refractivity (Wildman–Crippen MR) is 63.1 cm³/mol. The van der Waals surface area contributed by atoms with Gasteiger partial charge in [-0.3, -0.25) is 9.48 Å². The number of hydrogen-bond acceptors (Lipinski definition) is 1. The van der Waals surface area contributed by atoms with E-state index in [1.807, 2.05) is 37.7 Å². The Bertz CT molecular complexity index is 359. The predicted octanol–water partition coefficient (Wildman–Crippen LogP) is -0.888. The number of benzene rings is 1. The monoisotopic (exact) mass is 354 g/mol. The highest BCUT2D eigenvalue weighted by Crippen LogP contribution is 2.20. The topological polar surface area (TPSA) is 6.25 Å². The van der Waals surface area contributed by atoms with Gasteiger partial charge < -0.3 is 24.0 Å². The van der Waals surface area contributed by atoms with E-state index in [0.717, 1.165) is 10.1 Å². The maximum absolute atomic E-state index is 12.7. The fourth-order valence-corrected chi connectivity index (χ4v) is 2.04. The highest BCUT2D eigenvalue weighted by atomic mass is 127. The molecular formula is C11H16FIN2S. The molecule has 1 rings (SSSR count). The summed E-state index contributed by atoms with van der Waals surface area (Å²) in [5, 5.41) is 1.11. The van der Waals surface area contributed by atoms with Gasteiger partial charge in [0.05, 0.1) is 28.2 Å². The molecule has 0 atom stereocenters. The number of hydrogen-bond donors (Lipinski definition) is 0. The highest BCUT2D eigenvalue weighted by molar-refractivity contribution is 8.13. The van der Waals surface area contributed by atoms with E-state index in [0.29, 0.717) is 0 Å². The van der Waals surface area contributed by atoms with Crippen molar-refractivity contribution in [3.63, 3.8) is 0 Å². The molecule has 0 radical (unpaired) electrons. The zero-order valence-electron chi connectivity index (χ0n) is 9.87. The summed E-state index contributed by atoms with van der Waals surface area (Å²) in [4.78, 5) is 3.07. The van der Waals surface area contributed by atoms with Crippen molar-refractivity contribution in [3.8, 4) is 0 Å². The van der Waals surface area contributed by atoms with Crippen LogP contribution in [0.15, 0.2) is 29.2 Å². The molecule has 0 saturated heterocycles. The summed E-state index contributed by atoms with van der Waals surface area (Å²) < 4.78 is 14.7. The molecule has 5 heteroatoms. The van der Waals surface area contributed by atoms with Crippen LogP contribution in [0.5, 0.6) is 0 Å². The van der Waals surface area contributed by atoms with Gasteiger partial charge >= 0.3 is 5.17 Å².